The summed E-state index contributed by atoms with van der Waals surface area (Å²) in [6.45, 7) is -2.32. The predicted octanol–water partition coefficient (Wildman–Crippen LogP) is 2.75. The number of nitrogens with zero attached hydrogens (tertiary/aromatic N) is 2. The first-order valence-corrected chi connectivity index (χ1v) is 5.62. The van der Waals surface area contributed by atoms with E-state index >= 15 is 0 Å². The van der Waals surface area contributed by atoms with E-state index in [2.05, 4.69) is 19.6 Å². The fourth-order valence-corrected chi connectivity index (χ4v) is 1.69. The second-order valence-corrected chi connectivity index (χ2v) is 3.77. The fourth-order valence-electron chi connectivity index (χ4n) is 1.24. The van der Waals surface area contributed by atoms with Crippen LogP contribution in [0, 0.1) is 0 Å². The Balaban J connectivity index is 1.96. The maximum atomic E-state index is 12.0. The molecule has 0 unspecified atom stereocenters. The Bertz CT molecular complexity index is 464. The average Bonchev–Trinajstić information content (AvgIpc) is 2.79. The number of hydrogen-bond acceptors (Lipinski definition) is 5. The molecule has 0 saturated carbocycles. The zero-order valence-electron chi connectivity index (χ0n) is 8.64. The van der Waals surface area contributed by atoms with Crippen LogP contribution in [0.5, 0.6) is 5.75 Å². The summed E-state index contributed by atoms with van der Waals surface area (Å²) in [5.41, 5.74) is 1.49. The van der Waals surface area contributed by atoms with Crippen LogP contribution in [0.2, 0.25) is 0 Å². The molecule has 4 nitrogen and oxygen atoms in total. The van der Waals surface area contributed by atoms with Gasteiger partial charge in [0, 0.05) is 17.1 Å². The van der Waals surface area contributed by atoms with Crippen molar-refractivity contribution < 1.29 is 13.5 Å². The van der Waals surface area contributed by atoms with Gasteiger partial charge >= 0.3 is 6.61 Å². The molecule has 0 amide bonds. The van der Waals surface area contributed by atoms with Crippen LogP contribution in [0.3, 0.4) is 0 Å². The van der Waals surface area contributed by atoms with E-state index in [1.165, 1.54) is 23.7 Å². The van der Waals surface area contributed by atoms with E-state index in [1.54, 1.807) is 12.1 Å². The van der Waals surface area contributed by atoms with Crippen molar-refractivity contribution in [3.8, 4) is 5.75 Å². The van der Waals surface area contributed by atoms with E-state index in [9.17, 15) is 8.78 Å². The Morgan fingerprint density at radius 2 is 2.29 bits per heavy atom. The lowest BCUT2D eigenvalue weighted by molar-refractivity contribution is -0.0498. The first-order valence-electron chi connectivity index (χ1n) is 4.79. The first-order chi connectivity index (χ1) is 8.24. The number of hydrogen-bond donors (Lipinski definition) is 1. The SMILES string of the molecule is FC(F)Oc1cccc(NCc2csnn2)c1. The Morgan fingerprint density at radius 1 is 1.41 bits per heavy atom. The normalized spacial score (nSPS) is 10.5. The highest BCUT2D eigenvalue weighted by molar-refractivity contribution is 7.03. The molecule has 0 radical (unpaired) electrons. The van der Waals surface area contributed by atoms with Crippen molar-refractivity contribution in [1.29, 1.82) is 0 Å². The van der Waals surface area contributed by atoms with E-state index in [-0.39, 0.29) is 5.75 Å². The highest BCUT2D eigenvalue weighted by Gasteiger charge is 2.04. The molecule has 0 spiro atoms. The monoisotopic (exact) mass is 257 g/mol. The summed E-state index contributed by atoms with van der Waals surface area (Å²) < 4.78 is 32.0. The standard InChI is InChI=1S/C10H9F2N3OS/c11-10(12)16-9-3-1-2-7(4-9)13-5-8-6-17-15-14-8/h1-4,6,10,13H,5H2. The van der Waals surface area contributed by atoms with Gasteiger partial charge < -0.3 is 10.1 Å². The Morgan fingerprint density at radius 3 is 3.00 bits per heavy atom. The molecule has 2 rings (SSSR count). The van der Waals surface area contributed by atoms with Crippen molar-refractivity contribution in [3.63, 3.8) is 0 Å². The topological polar surface area (TPSA) is 47.0 Å². The van der Waals surface area contributed by atoms with Gasteiger partial charge in [0.1, 0.15) is 5.75 Å². The summed E-state index contributed by atoms with van der Waals surface area (Å²) in [4.78, 5) is 0. The number of ether oxygens (including phenoxy) is 1. The molecule has 17 heavy (non-hydrogen) atoms. The molecule has 0 fully saturated rings. The van der Waals surface area contributed by atoms with Crippen LogP contribution >= 0.6 is 11.5 Å². The maximum Gasteiger partial charge on any atom is 0.387 e. The van der Waals surface area contributed by atoms with Crippen molar-refractivity contribution in [2.45, 2.75) is 13.2 Å². The molecule has 0 saturated heterocycles. The van der Waals surface area contributed by atoms with Gasteiger partial charge in [-0.05, 0) is 23.7 Å². The highest BCUT2D eigenvalue weighted by Crippen LogP contribution is 2.19. The Hall–Kier alpha value is -1.76. The molecule has 7 heteroatoms. The zero-order chi connectivity index (χ0) is 12.1. The van der Waals surface area contributed by atoms with E-state index in [1.807, 2.05) is 5.38 Å². The summed E-state index contributed by atoms with van der Waals surface area (Å²) in [7, 11) is 0. The second-order valence-electron chi connectivity index (χ2n) is 3.16. The van der Waals surface area contributed by atoms with Crippen LogP contribution in [0.1, 0.15) is 5.69 Å². The second kappa shape index (κ2) is 5.53. The number of rotatable bonds is 5. The van der Waals surface area contributed by atoms with Gasteiger partial charge in [-0.15, -0.1) is 5.10 Å². The molecule has 1 N–H and O–H groups in total. The third-order valence-electron chi connectivity index (χ3n) is 1.94. The first kappa shape index (κ1) is 11.7. The van der Waals surface area contributed by atoms with Crippen molar-refractivity contribution in [2.75, 3.05) is 5.32 Å². The van der Waals surface area contributed by atoms with Gasteiger partial charge in [0.05, 0.1) is 12.2 Å². The van der Waals surface area contributed by atoms with Gasteiger partial charge in [0.2, 0.25) is 0 Å². The summed E-state index contributed by atoms with van der Waals surface area (Å²) in [6.07, 6.45) is 0. The van der Waals surface area contributed by atoms with Crippen LogP contribution in [0.15, 0.2) is 29.6 Å². The smallest absolute Gasteiger partial charge is 0.387 e. The van der Waals surface area contributed by atoms with Crippen molar-refractivity contribution >= 4 is 17.2 Å². The fraction of sp³-hybridized carbons (Fsp3) is 0.200. The third kappa shape index (κ3) is 3.63. The van der Waals surface area contributed by atoms with Crippen LogP contribution in [-0.4, -0.2) is 16.2 Å². The summed E-state index contributed by atoms with van der Waals surface area (Å²) in [5.74, 6) is 0.126. The van der Waals surface area contributed by atoms with Crippen LogP contribution in [0.25, 0.3) is 0 Å². The number of alkyl halides is 2. The van der Waals surface area contributed by atoms with E-state index in [4.69, 9.17) is 0 Å². The molecular weight excluding hydrogens is 248 g/mol. The van der Waals surface area contributed by atoms with Gasteiger partial charge in [0.25, 0.3) is 0 Å². The number of aromatic nitrogens is 2. The third-order valence-corrected chi connectivity index (χ3v) is 2.49. The minimum atomic E-state index is -2.81. The summed E-state index contributed by atoms with van der Waals surface area (Å²) in [5, 5.41) is 8.71. The number of halogens is 2. The molecule has 0 aliphatic rings. The van der Waals surface area contributed by atoms with Crippen molar-refractivity contribution in [2.24, 2.45) is 0 Å². The summed E-state index contributed by atoms with van der Waals surface area (Å²) in [6, 6.07) is 6.38. The van der Waals surface area contributed by atoms with E-state index in [0.29, 0.717) is 12.2 Å². The molecular formula is C10H9F2N3OS. The predicted molar refractivity (Wildman–Crippen MR) is 60.3 cm³/mol. The average molecular weight is 257 g/mol. The van der Waals surface area contributed by atoms with E-state index in [0.717, 1.165) is 5.69 Å². The number of nitrogens with one attached hydrogen (secondary N) is 1. The van der Waals surface area contributed by atoms with Gasteiger partial charge in [0.15, 0.2) is 0 Å². The lowest BCUT2D eigenvalue weighted by atomic mass is 10.3. The lowest BCUT2D eigenvalue weighted by Crippen LogP contribution is -2.03. The lowest BCUT2D eigenvalue weighted by Gasteiger charge is -2.07. The van der Waals surface area contributed by atoms with Gasteiger partial charge in [-0.25, -0.2) is 0 Å². The Labute approximate surface area is 100 Å². The van der Waals surface area contributed by atoms with Crippen molar-refractivity contribution in [1.82, 2.24) is 9.59 Å². The minimum absolute atomic E-state index is 0.126. The molecule has 2 aromatic rings. The molecule has 1 aromatic heterocycles. The number of anilines is 1. The Kier molecular flexibility index (Phi) is 3.81. The highest BCUT2D eigenvalue weighted by atomic mass is 32.1. The molecule has 0 bridgehead atoms. The molecule has 1 heterocycles. The summed E-state index contributed by atoms with van der Waals surface area (Å²) >= 11 is 1.26. The van der Waals surface area contributed by atoms with E-state index < -0.39 is 6.61 Å². The number of benzene rings is 1. The molecule has 0 aliphatic heterocycles. The largest absolute Gasteiger partial charge is 0.435 e. The molecule has 90 valence electrons. The quantitative estimate of drug-likeness (QED) is 0.894. The van der Waals surface area contributed by atoms with Gasteiger partial charge in [-0.3, -0.25) is 0 Å². The van der Waals surface area contributed by atoms with Crippen molar-refractivity contribution in [3.05, 3.63) is 35.3 Å². The van der Waals surface area contributed by atoms with Crippen LogP contribution < -0.4 is 10.1 Å². The van der Waals surface area contributed by atoms with Gasteiger partial charge in [-0.2, -0.15) is 8.78 Å². The minimum Gasteiger partial charge on any atom is -0.435 e. The van der Waals surface area contributed by atoms with Crippen LogP contribution in [-0.2, 0) is 6.54 Å². The molecule has 0 atom stereocenters. The molecule has 0 aliphatic carbocycles. The zero-order valence-corrected chi connectivity index (χ0v) is 9.45. The van der Waals surface area contributed by atoms with Crippen LogP contribution in [0.4, 0.5) is 14.5 Å². The maximum absolute atomic E-state index is 12.0. The molecule has 1 aromatic carbocycles. The van der Waals surface area contributed by atoms with Gasteiger partial charge in [-0.1, -0.05) is 10.6 Å².